The highest BCUT2D eigenvalue weighted by atomic mass is 16.6. The number of hydrogen-bond donors (Lipinski definition) is 1. The van der Waals surface area contributed by atoms with E-state index < -0.39 is 12.1 Å². The molecule has 1 amide bonds. The molecule has 0 spiro atoms. The highest BCUT2D eigenvalue weighted by Crippen LogP contribution is 2.38. The average Bonchev–Trinajstić information content (AvgIpc) is 3.02. The summed E-state index contributed by atoms with van der Waals surface area (Å²) in [5, 5.41) is 2.56. The lowest BCUT2D eigenvalue weighted by molar-refractivity contribution is -0.138. The average molecular weight is 351 g/mol. The molecule has 134 valence electrons. The number of alkyl carbamates (subject to hydrolysis) is 1. The van der Waals surface area contributed by atoms with Gasteiger partial charge in [-0.3, -0.25) is 0 Å². The maximum Gasteiger partial charge on any atom is 0.407 e. The van der Waals surface area contributed by atoms with Crippen LogP contribution in [0.15, 0.2) is 54.6 Å². The van der Waals surface area contributed by atoms with Gasteiger partial charge in [-0.1, -0.05) is 49.0 Å². The predicted molar refractivity (Wildman–Crippen MR) is 98.6 cm³/mol. The summed E-state index contributed by atoms with van der Waals surface area (Å²) in [5.74, 6) is -0.473. The van der Waals surface area contributed by atoms with Gasteiger partial charge in [-0.2, -0.15) is 0 Å². The Kier molecular flexibility index (Phi) is 5.37. The smallest absolute Gasteiger partial charge is 0.407 e. The summed E-state index contributed by atoms with van der Waals surface area (Å²) >= 11 is 0. The lowest BCUT2D eigenvalue weighted by atomic mass is 10.0. The van der Waals surface area contributed by atoms with Crippen LogP contribution in [0.1, 0.15) is 23.6 Å². The molecule has 0 aliphatic heterocycles. The normalized spacial score (nSPS) is 11.3. The van der Waals surface area contributed by atoms with Crippen molar-refractivity contribution in [1.82, 2.24) is 5.32 Å². The Bertz CT molecular complexity index is 857. The first-order valence-electron chi connectivity index (χ1n) is 8.48. The van der Waals surface area contributed by atoms with Gasteiger partial charge in [-0.25, -0.2) is 9.59 Å². The van der Waals surface area contributed by atoms with E-state index in [9.17, 15) is 9.59 Å². The Morgan fingerprint density at radius 3 is 2.65 bits per heavy atom. The second-order valence-corrected chi connectivity index (χ2v) is 6.20. The molecule has 1 aliphatic carbocycles. The van der Waals surface area contributed by atoms with Crippen LogP contribution in [0, 0.1) is 0 Å². The number of nitrogens with one attached hydrogen (secondary N) is 1. The SMILES string of the molecule is C=C(C)C(=O)OCCNC(=O)OCc1cccc2c1Cc1ccccc1-2. The molecule has 0 saturated heterocycles. The molecule has 5 heteroatoms. The molecule has 3 rings (SSSR count). The molecule has 0 heterocycles. The van der Waals surface area contributed by atoms with Gasteiger partial charge < -0.3 is 14.8 Å². The maximum absolute atomic E-state index is 11.8. The molecule has 0 radical (unpaired) electrons. The first-order valence-corrected chi connectivity index (χ1v) is 8.48. The summed E-state index contributed by atoms with van der Waals surface area (Å²) in [7, 11) is 0. The molecule has 0 unspecified atom stereocenters. The zero-order chi connectivity index (χ0) is 18.5. The van der Waals surface area contributed by atoms with E-state index in [1.165, 1.54) is 22.3 Å². The lowest BCUT2D eigenvalue weighted by Crippen LogP contribution is -2.28. The first kappa shape index (κ1) is 17.7. The minimum Gasteiger partial charge on any atom is -0.460 e. The summed E-state index contributed by atoms with van der Waals surface area (Å²) in [4.78, 5) is 23.1. The minimum absolute atomic E-state index is 0.0802. The Morgan fingerprint density at radius 2 is 1.85 bits per heavy atom. The van der Waals surface area contributed by atoms with Crippen LogP contribution in [0.25, 0.3) is 11.1 Å². The monoisotopic (exact) mass is 351 g/mol. The van der Waals surface area contributed by atoms with Crippen molar-refractivity contribution in [2.45, 2.75) is 20.0 Å². The summed E-state index contributed by atoms with van der Waals surface area (Å²) in [6.45, 7) is 5.53. The van der Waals surface area contributed by atoms with Crippen molar-refractivity contribution in [2.75, 3.05) is 13.2 Å². The van der Waals surface area contributed by atoms with Gasteiger partial charge >= 0.3 is 12.1 Å². The zero-order valence-electron chi connectivity index (χ0n) is 14.7. The zero-order valence-corrected chi connectivity index (χ0v) is 14.7. The fraction of sp³-hybridized carbons (Fsp3) is 0.238. The van der Waals surface area contributed by atoms with Crippen LogP contribution in [0.3, 0.4) is 0 Å². The fourth-order valence-electron chi connectivity index (χ4n) is 2.97. The second kappa shape index (κ2) is 7.87. The highest BCUT2D eigenvalue weighted by Gasteiger charge is 2.20. The van der Waals surface area contributed by atoms with E-state index in [1.807, 2.05) is 24.3 Å². The van der Waals surface area contributed by atoms with E-state index >= 15 is 0 Å². The second-order valence-electron chi connectivity index (χ2n) is 6.20. The van der Waals surface area contributed by atoms with Crippen LogP contribution >= 0.6 is 0 Å². The van der Waals surface area contributed by atoms with Crippen molar-refractivity contribution in [3.8, 4) is 11.1 Å². The summed E-state index contributed by atoms with van der Waals surface area (Å²) < 4.78 is 10.2. The van der Waals surface area contributed by atoms with Crippen molar-refractivity contribution in [1.29, 1.82) is 0 Å². The molecule has 0 saturated carbocycles. The van der Waals surface area contributed by atoms with E-state index in [0.717, 1.165) is 12.0 Å². The molecular formula is C21H21NO4. The van der Waals surface area contributed by atoms with Crippen molar-refractivity contribution in [3.63, 3.8) is 0 Å². The maximum atomic E-state index is 11.8. The largest absolute Gasteiger partial charge is 0.460 e. The molecule has 2 aromatic carbocycles. The number of ether oxygens (including phenoxy) is 2. The molecule has 0 fully saturated rings. The highest BCUT2D eigenvalue weighted by molar-refractivity contribution is 5.86. The molecule has 26 heavy (non-hydrogen) atoms. The topological polar surface area (TPSA) is 64.6 Å². The van der Waals surface area contributed by atoms with Gasteiger partial charge in [0.2, 0.25) is 0 Å². The number of rotatable bonds is 6. The van der Waals surface area contributed by atoms with E-state index in [-0.39, 0.29) is 19.8 Å². The Hall–Kier alpha value is -3.08. The van der Waals surface area contributed by atoms with Crippen LogP contribution in [0.2, 0.25) is 0 Å². The van der Waals surface area contributed by atoms with E-state index in [4.69, 9.17) is 9.47 Å². The van der Waals surface area contributed by atoms with Gasteiger partial charge in [0.15, 0.2) is 0 Å². The summed E-state index contributed by atoms with van der Waals surface area (Å²) in [6.07, 6.45) is 0.313. The van der Waals surface area contributed by atoms with E-state index in [1.54, 1.807) is 6.92 Å². The number of carbonyl (C=O) groups excluding carboxylic acids is 2. The number of fused-ring (bicyclic) bond motifs is 3. The number of carbonyl (C=O) groups is 2. The lowest BCUT2D eigenvalue weighted by Gasteiger charge is -2.11. The van der Waals surface area contributed by atoms with Crippen molar-refractivity contribution in [2.24, 2.45) is 0 Å². The van der Waals surface area contributed by atoms with E-state index in [2.05, 4.69) is 30.1 Å². The fourth-order valence-corrected chi connectivity index (χ4v) is 2.97. The van der Waals surface area contributed by atoms with E-state index in [0.29, 0.717) is 5.57 Å². The van der Waals surface area contributed by atoms with Gasteiger partial charge in [0.25, 0.3) is 0 Å². The molecule has 1 aliphatic rings. The Balaban J connectivity index is 1.51. The van der Waals surface area contributed by atoms with Crippen LogP contribution in [0.5, 0.6) is 0 Å². The van der Waals surface area contributed by atoms with Crippen molar-refractivity contribution in [3.05, 3.63) is 71.3 Å². The van der Waals surface area contributed by atoms with Gasteiger partial charge in [-0.15, -0.1) is 0 Å². The van der Waals surface area contributed by atoms with Gasteiger partial charge in [0.05, 0.1) is 6.54 Å². The Labute approximate surface area is 152 Å². The number of esters is 1. The molecule has 0 bridgehead atoms. The molecule has 2 aromatic rings. The van der Waals surface area contributed by atoms with Crippen LogP contribution in [-0.2, 0) is 27.3 Å². The van der Waals surface area contributed by atoms with Crippen molar-refractivity contribution >= 4 is 12.1 Å². The third-order valence-corrected chi connectivity index (χ3v) is 4.26. The molecule has 0 aromatic heterocycles. The number of hydrogen-bond acceptors (Lipinski definition) is 4. The summed E-state index contributed by atoms with van der Waals surface area (Å²) in [5.41, 5.74) is 6.27. The third kappa shape index (κ3) is 3.94. The van der Waals surface area contributed by atoms with Gasteiger partial charge in [-0.05, 0) is 41.2 Å². The molecule has 0 atom stereocenters. The standard InChI is InChI=1S/C21H21NO4/c1-14(2)20(23)25-11-10-22-21(24)26-13-16-7-5-9-18-17-8-4-3-6-15(17)12-19(16)18/h3-9H,1,10-13H2,2H3,(H,22,24). The quantitative estimate of drug-likeness (QED) is 0.419. The molecule has 1 N–H and O–H groups in total. The van der Waals surface area contributed by atoms with Gasteiger partial charge in [0.1, 0.15) is 13.2 Å². The van der Waals surface area contributed by atoms with Crippen LogP contribution in [-0.4, -0.2) is 25.2 Å². The Morgan fingerprint density at radius 1 is 1.08 bits per heavy atom. The third-order valence-electron chi connectivity index (χ3n) is 4.26. The van der Waals surface area contributed by atoms with Crippen LogP contribution in [0.4, 0.5) is 4.79 Å². The minimum atomic E-state index is -0.538. The van der Waals surface area contributed by atoms with Crippen LogP contribution < -0.4 is 5.32 Å². The summed E-state index contributed by atoms with van der Waals surface area (Å²) in [6, 6.07) is 14.4. The number of amides is 1. The predicted octanol–water partition coefficient (Wildman–Crippen LogP) is 3.60. The van der Waals surface area contributed by atoms with Gasteiger partial charge in [0, 0.05) is 5.57 Å². The van der Waals surface area contributed by atoms with Crippen molar-refractivity contribution < 1.29 is 19.1 Å². The number of benzene rings is 2. The molecule has 5 nitrogen and oxygen atoms in total. The molecular weight excluding hydrogens is 330 g/mol. The first-order chi connectivity index (χ1) is 12.6.